The molecule has 0 fully saturated rings. The molecule has 2 amide bonds. The van der Waals surface area contributed by atoms with Gasteiger partial charge in [0.1, 0.15) is 12.6 Å². The van der Waals surface area contributed by atoms with Crippen molar-refractivity contribution in [3.63, 3.8) is 0 Å². The van der Waals surface area contributed by atoms with Gasteiger partial charge in [-0.25, -0.2) is 4.79 Å². The van der Waals surface area contributed by atoms with Gasteiger partial charge in [-0.1, -0.05) is 73.7 Å². The lowest BCUT2D eigenvalue weighted by Gasteiger charge is -2.19. The largest absolute Gasteiger partial charge is 0.481 e. The van der Waals surface area contributed by atoms with Crippen LogP contribution >= 0.6 is 0 Å². The number of carboxylic acids is 1. The Balaban J connectivity index is 1.38. The van der Waals surface area contributed by atoms with Crippen molar-refractivity contribution < 1.29 is 24.2 Å². The Bertz CT molecular complexity index is 1190. The van der Waals surface area contributed by atoms with E-state index in [2.05, 4.69) is 22.8 Å². The summed E-state index contributed by atoms with van der Waals surface area (Å²) in [5.41, 5.74) is 5.77. The lowest BCUT2D eigenvalue weighted by atomic mass is 9.98. The summed E-state index contributed by atoms with van der Waals surface area (Å²) in [6.45, 7) is 1.96. The summed E-state index contributed by atoms with van der Waals surface area (Å²) in [5.74, 6) is -1.36. The van der Waals surface area contributed by atoms with Crippen LogP contribution in [0.15, 0.2) is 72.8 Å². The van der Waals surface area contributed by atoms with Crippen molar-refractivity contribution in [1.82, 2.24) is 5.32 Å². The van der Waals surface area contributed by atoms with Crippen molar-refractivity contribution >= 4 is 23.7 Å². The number of benzene rings is 3. The fraction of sp³-hybridized carbons (Fsp3) is 0.250. The van der Waals surface area contributed by atoms with Gasteiger partial charge in [-0.3, -0.25) is 9.59 Å². The van der Waals surface area contributed by atoms with Gasteiger partial charge in [0.05, 0.1) is 0 Å². The van der Waals surface area contributed by atoms with Gasteiger partial charge in [-0.05, 0) is 46.7 Å². The molecule has 0 aliphatic heterocycles. The van der Waals surface area contributed by atoms with Crippen molar-refractivity contribution in [2.24, 2.45) is 0 Å². The highest BCUT2D eigenvalue weighted by molar-refractivity contribution is 5.97. The number of aliphatic carboxylic acids is 1. The van der Waals surface area contributed by atoms with E-state index < -0.39 is 18.1 Å². The maximum absolute atomic E-state index is 12.9. The minimum absolute atomic E-state index is 0.0396. The van der Waals surface area contributed by atoms with E-state index in [0.29, 0.717) is 18.5 Å². The van der Waals surface area contributed by atoms with Gasteiger partial charge in [0, 0.05) is 18.0 Å². The topological polar surface area (TPSA) is 105 Å². The van der Waals surface area contributed by atoms with Gasteiger partial charge < -0.3 is 20.5 Å². The molecular formula is C28H28N2O5. The number of carbonyl (C=O) groups is 3. The van der Waals surface area contributed by atoms with Gasteiger partial charge >= 0.3 is 12.1 Å². The molecule has 0 bridgehead atoms. The van der Waals surface area contributed by atoms with Crippen LogP contribution in [0.25, 0.3) is 11.1 Å². The number of fused-ring (bicyclic) bond motifs is 3. The monoisotopic (exact) mass is 472 g/mol. The quantitative estimate of drug-likeness (QED) is 0.408. The summed E-state index contributed by atoms with van der Waals surface area (Å²) < 4.78 is 5.57. The lowest BCUT2D eigenvalue weighted by molar-refractivity contribution is -0.137. The molecule has 1 aliphatic carbocycles. The minimum Gasteiger partial charge on any atom is -0.481 e. The zero-order valence-corrected chi connectivity index (χ0v) is 19.5. The van der Waals surface area contributed by atoms with Crippen LogP contribution in [0.2, 0.25) is 0 Å². The zero-order chi connectivity index (χ0) is 24.8. The number of carbonyl (C=O) groups excluding carboxylic acids is 2. The van der Waals surface area contributed by atoms with E-state index in [-0.39, 0.29) is 24.9 Å². The Morgan fingerprint density at radius 2 is 1.51 bits per heavy atom. The van der Waals surface area contributed by atoms with E-state index in [1.807, 2.05) is 36.4 Å². The molecule has 0 aromatic heterocycles. The third-order valence-electron chi connectivity index (χ3n) is 6.24. The van der Waals surface area contributed by atoms with E-state index >= 15 is 0 Å². The summed E-state index contributed by atoms with van der Waals surface area (Å²) in [6, 6.07) is 22.4. The molecule has 3 aromatic rings. The highest BCUT2D eigenvalue weighted by Gasteiger charge is 2.29. The molecule has 0 heterocycles. The molecular weight excluding hydrogens is 444 g/mol. The number of alkyl carbamates (subject to hydrolysis) is 1. The van der Waals surface area contributed by atoms with Crippen molar-refractivity contribution in [1.29, 1.82) is 0 Å². The molecule has 7 nitrogen and oxygen atoms in total. The minimum atomic E-state index is -0.908. The molecule has 35 heavy (non-hydrogen) atoms. The fourth-order valence-corrected chi connectivity index (χ4v) is 4.46. The van der Waals surface area contributed by atoms with Crippen LogP contribution in [0.4, 0.5) is 10.5 Å². The maximum atomic E-state index is 12.9. The average Bonchev–Trinajstić information content (AvgIpc) is 3.19. The normalized spacial score (nSPS) is 12.8. The Morgan fingerprint density at radius 3 is 2.14 bits per heavy atom. The first kappa shape index (κ1) is 24.0. The number of rotatable bonds is 9. The summed E-state index contributed by atoms with van der Waals surface area (Å²) in [7, 11) is 0. The number of ether oxygens (including phenoxy) is 1. The summed E-state index contributed by atoms with van der Waals surface area (Å²) in [5, 5.41) is 14.4. The number of hydrogen-bond donors (Lipinski definition) is 3. The first-order chi connectivity index (χ1) is 17.0. The second kappa shape index (κ2) is 10.9. The fourth-order valence-electron chi connectivity index (χ4n) is 4.46. The van der Waals surface area contributed by atoms with Crippen LogP contribution in [0, 0.1) is 0 Å². The highest BCUT2D eigenvalue weighted by Crippen LogP contribution is 2.44. The van der Waals surface area contributed by atoms with Crippen molar-refractivity contribution in [2.75, 3.05) is 11.9 Å². The van der Waals surface area contributed by atoms with Crippen LogP contribution in [-0.4, -0.2) is 35.7 Å². The Kier molecular flexibility index (Phi) is 7.45. The molecule has 0 saturated heterocycles. The molecule has 1 atom stereocenters. The molecule has 180 valence electrons. The molecule has 0 unspecified atom stereocenters. The van der Waals surface area contributed by atoms with Gasteiger partial charge in [-0.2, -0.15) is 0 Å². The van der Waals surface area contributed by atoms with Crippen LogP contribution in [0.1, 0.15) is 42.4 Å². The number of anilines is 1. The predicted octanol–water partition coefficient (Wildman–Crippen LogP) is 4.96. The first-order valence-electron chi connectivity index (χ1n) is 11.7. The summed E-state index contributed by atoms with van der Waals surface area (Å²) in [6.07, 6.45) is -0.0364. The molecule has 7 heteroatoms. The molecule has 0 radical (unpaired) electrons. The van der Waals surface area contributed by atoms with Crippen LogP contribution in [0.5, 0.6) is 0 Å². The van der Waals surface area contributed by atoms with E-state index in [0.717, 1.165) is 27.8 Å². The van der Waals surface area contributed by atoms with E-state index in [9.17, 15) is 14.4 Å². The number of hydrogen-bond acceptors (Lipinski definition) is 4. The number of amides is 2. The van der Waals surface area contributed by atoms with Gasteiger partial charge in [-0.15, -0.1) is 0 Å². The van der Waals surface area contributed by atoms with Crippen LogP contribution in [0.3, 0.4) is 0 Å². The lowest BCUT2D eigenvalue weighted by Crippen LogP contribution is -2.44. The van der Waals surface area contributed by atoms with E-state index in [1.165, 1.54) is 0 Å². The maximum Gasteiger partial charge on any atom is 0.407 e. The third-order valence-corrected chi connectivity index (χ3v) is 6.24. The molecule has 3 N–H and O–H groups in total. The Hall–Kier alpha value is -4.13. The summed E-state index contributed by atoms with van der Waals surface area (Å²) >= 11 is 0. The highest BCUT2D eigenvalue weighted by atomic mass is 16.5. The SMILES string of the molecule is CC[C@@H](NC(=O)OCC1c2ccccc2-c2ccccc21)C(=O)Nc1ccccc1CCC(=O)O. The standard InChI is InChI=1S/C28H28N2O5/c1-2-24(27(33)29-25-14-8-3-9-18(25)15-16-26(31)32)30-28(34)35-17-23-21-12-6-4-10-19(21)20-11-5-7-13-22(20)23/h3-14,23-24H,2,15-17H2,1H3,(H,29,33)(H,30,34)(H,31,32)/t24-/m1/s1. The van der Waals surface area contributed by atoms with Gasteiger partial charge in [0.15, 0.2) is 0 Å². The zero-order valence-electron chi connectivity index (χ0n) is 19.5. The van der Waals surface area contributed by atoms with Crippen molar-refractivity contribution in [2.45, 2.75) is 38.1 Å². The smallest absolute Gasteiger partial charge is 0.407 e. The van der Waals surface area contributed by atoms with Crippen molar-refractivity contribution in [3.8, 4) is 11.1 Å². The second-order valence-electron chi connectivity index (χ2n) is 8.47. The van der Waals surface area contributed by atoms with Gasteiger partial charge in [0.2, 0.25) is 5.91 Å². The second-order valence-corrected chi connectivity index (χ2v) is 8.47. The van der Waals surface area contributed by atoms with Crippen molar-refractivity contribution in [3.05, 3.63) is 89.5 Å². The number of nitrogens with one attached hydrogen (secondary N) is 2. The van der Waals surface area contributed by atoms with Gasteiger partial charge in [0.25, 0.3) is 0 Å². The first-order valence-corrected chi connectivity index (χ1v) is 11.7. The molecule has 1 aliphatic rings. The van der Waals surface area contributed by atoms with Crippen LogP contribution in [-0.2, 0) is 20.7 Å². The van der Waals surface area contributed by atoms with Crippen LogP contribution < -0.4 is 10.6 Å². The number of carboxylic acid groups (broad SMARTS) is 1. The number of aryl methyl sites for hydroxylation is 1. The Labute approximate surface area is 204 Å². The Morgan fingerprint density at radius 1 is 0.914 bits per heavy atom. The molecule has 4 rings (SSSR count). The summed E-state index contributed by atoms with van der Waals surface area (Å²) in [4.78, 5) is 36.4. The number of para-hydroxylation sites is 1. The molecule has 0 spiro atoms. The predicted molar refractivity (Wildman–Crippen MR) is 133 cm³/mol. The van der Waals surface area contributed by atoms with E-state index in [4.69, 9.17) is 9.84 Å². The average molecular weight is 473 g/mol. The van der Waals surface area contributed by atoms with E-state index in [1.54, 1.807) is 31.2 Å². The third kappa shape index (κ3) is 5.51. The molecule has 0 saturated carbocycles. The molecule has 3 aromatic carbocycles.